The van der Waals surface area contributed by atoms with Crippen molar-refractivity contribution in [3.63, 3.8) is 0 Å². The summed E-state index contributed by atoms with van der Waals surface area (Å²) in [5.41, 5.74) is 1.22. The normalized spacial score (nSPS) is 10.4. The van der Waals surface area contributed by atoms with Crippen LogP contribution in [0.25, 0.3) is 6.08 Å². The third-order valence-corrected chi connectivity index (χ3v) is 1.35. The van der Waals surface area contributed by atoms with Crippen LogP contribution in [-0.2, 0) is 0 Å². The van der Waals surface area contributed by atoms with E-state index < -0.39 is 0 Å². The number of hydrogen-bond donors (Lipinski definition) is 0. The molecule has 0 aliphatic rings. The standard InChI is InChI=1S/C11H11.Li/c1-2-3-5-8-11-9-6-4-7-10-11;/h3-10H,1H3;/q-1;+1/b8-5+;. The zero-order valence-corrected chi connectivity index (χ0v) is 7.62. The van der Waals surface area contributed by atoms with E-state index in [9.17, 15) is 0 Å². The Hall–Kier alpha value is -0.703. The van der Waals surface area contributed by atoms with E-state index in [2.05, 4.69) is 24.3 Å². The van der Waals surface area contributed by atoms with Crippen molar-refractivity contribution >= 4 is 6.08 Å². The first-order valence-electron chi connectivity index (χ1n) is 3.65. The van der Waals surface area contributed by atoms with Gasteiger partial charge >= 0.3 is 18.9 Å². The molecule has 0 aliphatic heterocycles. The van der Waals surface area contributed by atoms with Crippen LogP contribution in [0.2, 0.25) is 0 Å². The molecule has 0 heterocycles. The molecule has 0 radical (unpaired) electrons. The molecule has 0 fully saturated rings. The van der Waals surface area contributed by atoms with E-state index in [1.165, 1.54) is 5.56 Å². The molecule has 0 saturated heterocycles. The van der Waals surface area contributed by atoms with E-state index >= 15 is 0 Å². The molecule has 0 nitrogen and oxygen atoms in total. The van der Waals surface area contributed by atoms with Crippen LogP contribution in [0.3, 0.4) is 0 Å². The van der Waals surface area contributed by atoms with E-state index in [4.69, 9.17) is 0 Å². The van der Waals surface area contributed by atoms with E-state index in [1.807, 2.05) is 37.3 Å². The Balaban J connectivity index is 0.00000121. The molecule has 1 rings (SSSR count). The van der Waals surface area contributed by atoms with Crippen LogP contribution in [0.1, 0.15) is 12.5 Å². The van der Waals surface area contributed by atoms with E-state index in [1.54, 1.807) is 0 Å². The van der Waals surface area contributed by atoms with Gasteiger partial charge in [0.15, 0.2) is 0 Å². The van der Waals surface area contributed by atoms with E-state index in [0.717, 1.165) is 0 Å². The molecule has 0 spiro atoms. The van der Waals surface area contributed by atoms with Gasteiger partial charge in [-0.2, -0.15) is 0 Å². The SMILES string of the molecule is C[C-]=C/C=C/c1ccccc1.[Li+]. The summed E-state index contributed by atoms with van der Waals surface area (Å²) in [4.78, 5) is 0. The van der Waals surface area contributed by atoms with Crippen LogP contribution in [0.5, 0.6) is 0 Å². The molecule has 0 saturated carbocycles. The van der Waals surface area contributed by atoms with Crippen LogP contribution in [0.4, 0.5) is 0 Å². The summed E-state index contributed by atoms with van der Waals surface area (Å²) in [5.74, 6) is 0. The monoisotopic (exact) mass is 150 g/mol. The van der Waals surface area contributed by atoms with Crippen molar-refractivity contribution in [2.45, 2.75) is 6.92 Å². The van der Waals surface area contributed by atoms with Crippen LogP contribution in [-0.4, -0.2) is 0 Å². The topological polar surface area (TPSA) is 0 Å². The third kappa shape index (κ3) is 4.23. The van der Waals surface area contributed by atoms with Gasteiger partial charge in [-0.15, -0.1) is 13.0 Å². The Kier molecular flexibility index (Phi) is 6.57. The fraction of sp³-hybridized carbons (Fsp3) is 0.0909. The van der Waals surface area contributed by atoms with Crippen molar-refractivity contribution in [3.05, 3.63) is 54.1 Å². The molecule has 0 atom stereocenters. The van der Waals surface area contributed by atoms with Gasteiger partial charge in [0, 0.05) is 0 Å². The number of rotatable bonds is 2. The average molecular weight is 150 g/mol. The maximum absolute atomic E-state index is 2.93. The summed E-state index contributed by atoms with van der Waals surface area (Å²) in [6, 6.07) is 10.2. The Bertz CT molecular complexity index is 247. The molecule has 0 aliphatic carbocycles. The van der Waals surface area contributed by atoms with Crippen molar-refractivity contribution in [2.24, 2.45) is 0 Å². The van der Waals surface area contributed by atoms with Crippen LogP contribution in [0, 0.1) is 6.08 Å². The molecule has 0 N–H and O–H groups in total. The van der Waals surface area contributed by atoms with Crippen LogP contribution < -0.4 is 18.9 Å². The largest absolute Gasteiger partial charge is 1.00 e. The van der Waals surface area contributed by atoms with Gasteiger partial charge in [0.1, 0.15) is 0 Å². The summed E-state index contributed by atoms with van der Waals surface area (Å²) < 4.78 is 0. The minimum absolute atomic E-state index is 0. The Morgan fingerprint density at radius 2 is 1.83 bits per heavy atom. The summed E-state index contributed by atoms with van der Waals surface area (Å²) in [6.07, 6.45) is 8.86. The summed E-state index contributed by atoms with van der Waals surface area (Å²) in [5, 5.41) is 0. The molecular weight excluding hydrogens is 139 g/mol. The first kappa shape index (κ1) is 11.3. The number of benzene rings is 1. The molecule has 0 unspecified atom stereocenters. The summed E-state index contributed by atoms with van der Waals surface area (Å²) in [6.45, 7) is 1.88. The van der Waals surface area contributed by atoms with Gasteiger partial charge < -0.3 is 0 Å². The van der Waals surface area contributed by atoms with Crippen molar-refractivity contribution in [2.75, 3.05) is 0 Å². The number of allylic oxidation sites excluding steroid dienone is 3. The van der Waals surface area contributed by atoms with Gasteiger partial charge in [-0.3, -0.25) is 6.08 Å². The van der Waals surface area contributed by atoms with E-state index in [-0.39, 0.29) is 18.9 Å². The van der Waals surface area contributed by atoms with Crippen molar-refractivity contribution in [1.29, 1.82) is 0 Å². The van der Waals surface area contributed by atoms with E-state index in [0.29, 0.717) is 0 Å². The van der Waals surface area contributed by atoms with Gasteiger partial charge in [0.25, 0.3) is 0 Å². The zero-order valence-electron chi connectivity index (χ0n) is 7.62. The van der Waals surface area contributed by atoms with Gasteiger partial charge in [-0.05, 0) is 5.56 Å². The predicted molar refractivity (Wildman–Crippen MR) is 49.0 cm³/mol. The second kappa shape index (κ2) is 6.97. The Morgan fingerprint density at radius 1 is 1.17 bits per heavy atom. The smallest absolute Gasteiger partial charge is 0.279 e. The first-order valence-corrected chi connectivity index (χ1v) is 3.65. The maximum Gasteiger partial charge on any atom is 1.00 e. The average Bonchev–Trinajstić information content (AvgIpc) is 2.07. The fourth-order valence-corrected chi connectivity index (χ4v) is 0.820. The second-order valence-corrected chi connectivity index (χ2v) is 2.23. The molecule has 1 heteroatoms. The summed E-state index contributed by atoms with van der Waals surface area (Å²) in [7, 11) is 0. The molecule has 1 aromatic rings. The minimum Gasteiger partial charge on any atom is -0.279 e. The molecule has 0 bridgehead atoms. The first-order chi connectivity index (χ1) is 5.43. The quantitative estimate of drug-likeness (QED) is 0.318. The number of hydrogen-bond acceptors (Lipinski definition) is 0. The third-order valence-electron chi connectivity index (χ3n) is 1.35. The maximum atomic E-state index is 2.93. The second-order valence-electron chi connectivity index (χ2n) is 2.23. The molecule has 0 aromatic heterocycles. The minimum atomic E-state index is 0. The van der Waals surface area contributed by atoms with Gasteiger partial charge in [0.05, 0.1) is 0 Å². The predicted octanol–water partition coefficient (Wildman–Crippen LogP) is 0.0831. The molecular formula is C11H11Li. The summed E-state index contributed by atoms with van der Waals surface area (Å²) >= 11 is 0. The van der Waals surface area contributed by atoms with Crippen molar-refractivity contribution < 1.29 is 18.9 Å². The molecule has 12 heavy (non-hydrogen) atoms. The van der Waals surface area contributed by atoms with Crippen molar-refractivity contribution in [3.8, 4) is 0 Å². The Morgan fingerprint density at radius 3 is 2.42 bits per heavy atom. The van der Waals surface area contributed by atoms with Crippen LogP contribution >= 0.6 is 0 Å². The fourth-order valence-electron chi connectivity index (χ4n) is 0.820. The molecule has 56 valence electrons. The van der Waals surface area contributed by atoms with Crippen LogP contribution in [0.15, 0.2) is 42.5 Å². The zero-order chi connectivity index (χ0) is 7.94. The van der Waals surface area contributed by atoms with Gasteiger partial charge in [-0.25, -0.2) is 12.2 Å². The van der Waals surface area contributed by atoms with Crippen molar-refractivity contribution in [1.82, 2.24) is 0 Å². The molecule has 0 amide bonds. The molecule has 1 aromatic carbocycles. The van der Waals surface area contributed by atoms with Gasteiger partial charge in [-0.1, -0.05) is 30.3 Å². The van der Waals surface area contributed by atoms with Gasteiger partial charge in [0.2, 0.25) is 0 Å². The Labute approximate surface area is 86.2 Å².